The van der Waals surface area contributed by atoms with Gasteiger partial charge in [0.25, 0.3) is 0 Å². The van der Waals surface area contributed by atoms with Crippen molar-refractivity contribution >= 4 is 23.4 Å². The summed E-state index contributed by atoms with van der Waals surface area (Å²) < 4.78 is 16.3. The molecule has 0 aromatic heterocycles. The molecule has 0 fully saturated rings. The van der Waals surface area contributed by atoms with Gasteiger partial charge in [0.05, 0.1) is 32.8 Å². The summed E-state index contributed by atoms with van der Waals surface area (Å²) in [5.74, 6) is -0.110. The van der Waals surface area contributed by atoms with Crippen molar-refractivity contribution in [3.05, 3.63) is 81.2 Å². The summed E-state index contributed by atoms with van der Waals surface area (Å²) in [5, 5.41) is 3.99. The van der Waals surface area contributed by atoms with Crippen LogP contribution in [0.15, 0.2) is 65.0 Å². The third kappa shape index (κ3) is 4.11. The Labute approximate surface area is 198 Å². The highest BCUT2D eigenvalue weighted by Crippen LogP contribution is 2.49. The van der Waals surface area contributed by atoms with Gasteiger partial charge >= 0.3 is 5.97 Å². The van der Waals surface area contributed by atoms with E-state index < -0.39 is 11.9 Å². The predicted octanol–water partition coefficient (Wildman–Crippen LogP) is 4.89. The van der Waals surface area contributed by atoms with Crippen molar-refractivity contribution in [3.8, 4) is 11.5 Å². The van der Waals surface area contributed by atoms with E-state index in [1.165, 1.54) is 7.11 Å². The number of hydrogen-bond acceptors (Lipinski definition) is 6. The van der Waals surface area contributed by atoms with Crippen molar-refractivity contribution in [1.29, 1.82) is 0 Å². The average Bonchev–Trinajstić information content (AvgIpc) is 2.82. The molecule has 6 nitrogen and oxygen atoms in total. The Hall–Kier alpha value is -3.25. The van der Waals surface area contributed by atoms with E-state index in [9.17, 15) is 9.59 Å². The van der Waals surface area contributed by atoms with Crippen molar-refractivity contribution in [2.75, 3.05) is 21.3 Å². The molecule has 0 saturated heterocycles. The molecule has 0 spiro atoms. The lowest BCUT2D eigenvalue weighted by molar-refractivity contribution is -0.136. The molecule has 2 aromatic carbocycles. The fourth-order valence-corrected chi connectivity index (χ4v) is 4.97. The summed E-state index contributed by atoms with van der Waals surface area (Å²) in [5.41, 5.74) is 4.16. The summed E-state index contributed by atoms with van der Waals surface area (Å²) in [4.78, 5) is 26.5. The van der Waals surface area contributed by atoms with Gasteiger partial charge in [-0.15, -0.1) is 0 Å². The fraction of sp³-hybridized carbons (Fsp3) is 0.308. The molecule has 1 N–H and O–H groups in total. The number of halogens is 1. The predicted molar refractivity (Wildman–Crippen MR) is 126 cm³/mol. The maximum Gasteiger partial charge on any atom is 0.336 e. The number of esters is 1. The molecule has 2 aromatic rings. The van der Waals surface area contributed by atoms with Gasteiger partial charge in [0.2, 0.25) is 0 Å². The van der Waals surface area contributed by atoms with Crippen LogP contribution < -0.4 is 14.8 Å². The van der Waals surface area contributed by atoms with E-state index in [0.717, 1.165) is 11.3 Å². The number of hydrogen-bond donors (Lipinski definition) is 1. The summed E-state index contributed by atoms with van der Waals surface area (Å²) >= 11 is 6.05. The van der Waals surface area contributed by atoms with E-state index in [1.807, 2.05) is 43.3 Å². The number of benzene rings is 2. The summed E-state index contributed by atoms with van der Waals surface area (Å²) in [6.45, 7) is 1.83. The van der Waals surface area contributed by atoms with Gasteiger partial charge in [-0.3, -0.25) is 4.79 Å². The van der Waals surface area contributed by atoms with Crippen LogP contribution >= 0.6 is 11.6 Å². The number of dihydropyridines is 1. The van der Waals surface area contributed by atoms with Gasteiger partial charge in [0, 0.05) is 34.0 Å². The number of carbonyl (C=O) groups excluding carboxylic acids is 2. The van der Waals surface area contributed by atoms with E-state index in [-0.39, 0.29) is 11.7 Å². The second-order valence-corrected chi connectivity index (χ2v) is 8.58. The van der Waals surface area contributed by atoms with Gasteiger partial charge < -0.3 is 19.5 Å². The molecule has 1 aliphatic carbocycles. The maximum atomic E-state index is 13.6. The fourth-order valence-electron chi connectivity index (χ4n) is 4.84. The third-order valence-electron chi connectivity index (χ3n) is 6.32. The van der Waals surface area contributed by atoms with Crippen molar-refractivity contribution in [2.45, 2.75) is 31.6 Å². The quantitative estimate of drug-likeness (QED) is 0.631. The molecule has 0 unspecified atom stereocenters. The van der Waals surface area contributed by atoms with Crippen LogP contribution in [0.4, 0.5) is 0 Å². The molecule has 0 amide bonds. The van der Waals surface area contributed by atoms with E-state index in [1.54, 1.807) is 20.3 Å². The standard InChI is InChI=1S/C26H26ClNO5/c1-14-22(26(30)33-4)23(18-6-5-7-21(31-2)25(18)32-3)24-19(28-14)12-16(13-20(24)29)15-8-10-17(27)11-9-15/h5-11,16,23,28H,12-13H2,1-4H3/t16-,23-/m0/s1. The highest BCUT2D eigenvalue weighted by atomic mass is 35.5. The van der Waals surface area contributed by atoms with E-state index in [2.05, 4.69) is 5.32 Å². The summed E-state index contributed by atoms with van der Waals surface area (Å²) in [6, 6.07) is 13.1. The normalized spacial score (nSPS) is 20.2. The Morgan fingerprint density at radius 2 is 1.76 bits per heavy atom. The monoisotopic (exact) mass is 467 g/mol. The molecule has 4 rings (SSSR count). The molecule has 2 aliphatic rings. The van der Waals surface area contributed by atoms with Crippen molar-refractivity contribution in [1.82, 2.24) is 5.32 Å². The van der Waals surface area contributed by atoms with Crippen LogP contribution in [0.1, 0.15) is 42.7 Å². The Morgan fingerprint density at radius 3 is 2.39 bits per heavy atom. The number of ether oxygens (including phenoxy) is 3. The minimum atomic E-state index is -0.627. The first-order chi connectivity index (χ1) is 15.9. The van der Waals surface area contributed by atoms with Gasteiger partial charge in [-0.05, 0) is 43.0 Å². The maximum absolute atomic E-state index is 13.6. The number of Topliss-reactive ketones (excluding diaryl/α,β-unsaturated/α-hetero) is 1. The third-order valence-corrected chi connectivity index (χ3v) is 6.57. The van der Waals surface area contributed by atoms with Crippen LogP contribution in [0.25, 0.3) is 0 Å². The van der Waals surface area contributed by atoms with Crippen molar-refractivity contribution < 1.29 is 23.8 Å². The molecule has 33 heavy (non-hydrogen) atoms. The molecule has 1 aliphatic heterocycles. The first-order valence-electron chi connectivity index (χ1n) is 10.7. The van der Waals surface area contributed by atoms with Crippen LogP contribution in [-0.4, -0.2) is 33.1 Å². The number of methoxy groups -OCH3 is 3. The van der Waals surface area contributed by atoms with Crippen LogP contribution in [0.2, 0.25) is 5.02 Å². The topological polar surface area (TPSA) is 73.9 Å². The Balaban J connectivity index is 1.87. The van der Waals surface area contributed by atoms with Gasteiger partial charge in [-0.2, -0.15) is 0 Å². The second-order valence-electron chi connectivity index (χ2n) is 8.14. The number of para-hydroxylation sites is 1. The van der Waals surface area contributed by atoms with Gasteiger partial charge in [-0.25, -0.2) is 4.79 Å². The molecule has 0 saturated carbocycles. The van der Waals surface area contributed by atoms with Crippen LogP contribution in [-0.2, 0) is 14.3 Å². The van der Waals surface area contributed by atoms with Crippen molar-refractivity contribution in [3.63, 3.8) is 0 Å². The molecule has 2 atom stereocenters. The number of rotatable bonds is 5. The zero-order valence-corrected chi connectivity index (χ0v) is 19.8. The van der Waals surface area contributed by atoms with Crippen LogP contribution in [0.3, 0.4) is 0 Å². The average molecular weight is 468 g/mol. The summed E-state index contributed by atoms with van der Waals surface area (Å²) in [6.07, 6.45) is 0.968. The lowest BCUT2D eigenvalue weighted by Gasteiger charge is -2.37. The van der Waals surface area contributed by atoms with E-state index >= 15 is 0 Å². The summed E-state index contributed by atoms with van der Waals surface area (Å²) in [7, 11) is 4.44. The lowest BCUT2D eigenvalue weighted by atomic mass is 9.71. The zero-order chi connectivity index (χ0) is 23.7. The van der Waals surface area contributed by atoms with Crippen LogP contribution in [0.5, 0.6) is 11.5 Å². The molecule has 0 bridgehead atoms. The molecular weight excluding hydrogens is 442 g/mol. The van der Waals surface area contributed by atoms with E-state index in [4.69, 9.17) is 25.8 Å². The number of nitrogens with one attached hydrogen (secondary N) is 1. The number of allylic oxidation sites excluding steroid dienone is 3. The Kier molecular flexibility index (Phi) is 6.47. The second kappa shape index (κ2) is 9.32. The van der Waals surface area contributed by atoms with Crippen molar-refractivity contribution in [2.24, 2.45) is 0 Å². The molecule has 7 heteroatoms. The first kappa shape index (κ1) is 22.9. The van der Waals surface area contributed by atoms with E-state index in [0.29, 0.717) is 51.8 Å². The molecular formula is C26H26ClNO5. The molecule has 0 radical (unpaired) electrons. The lowest BCUT2D eigenvalue weighted by Crippen LogP contribution is -2.36. The Morgan fingerprint density at radius 1 is 1.03 bits per heavy atom. The highest BCUT2D eigenvalue weighted by Gasteiger charge is 2.42. The Bertz CT molecular complexity index is 1170. The highest BCUT2D eigenvalue weighted by molar-refractivity contribution is 6.30. The van der Waals surface area contributed by atoms with Gasteiger partial charge in [-0.1, -0.05) is 35.9 Å². The molecule has 172 valence electrons. The molecule has 1 heterocycles. The number of carbonyl (C=O) groups is 2. The first-order valence-corrected chi connectivity index (χ1v) is 11.1. The number of ketones is 1. The van der Waals surface area contributed by atoms with Crippen LogP contribution in [0, 0.1) is 0 Å². The zero-order valence-electron chi connectivity index (χ0n) is 19.0. The minimum absolute atomic E-state index is 0.0151. The van der Waals surface area contributed by atoms with Gasteiger partial charge in [0.1, 0.15) is 0 Å². The smallest absolute Gasteiger partial charge is 0.336 e. The minimum Gasteiger partial charge on any atom is -0.493 e. The van der Waals surface area contributed by atoms with Gasteiger partial charge in [0.15, 0.2) is 17.3 Å². The largest absolute Gasteiger partial charge is 0.493 e. The SMILES string of the molecule is COC(=O)C1=C(C)NC2=C(C(=O)C[C@@H](c3ccc(Cl)cc3)C2)[C@H]1c1cccc(OC)c1OC.